The quantitative estimate of drug-likeness (QED) is 0.811. The second-order valence-corrected chi connectivity index (χ2v) is 5.61. The van der Waals surface area contributed by atoms with Gasteiger partial charge >= 0.3 is 5.97 Å². The molecule has 2 rings (SSSR count). The first kappa shape index (κ1) is 13.0. The minimum Gasteiger partial charge on any atom is -0.496 e. The van der Waals surface area contributed by atoms with Crippen LogP contribution in [-0.4, -0.2) is 25.2 Å². The van der Waals surface area contributed by atoms with Gasteiger partial charge in [-0.25, -0.2) is 9.78 Å². The lowest BCUT2D eigenvalue weighted by Gasteiger charge is -2.06. The van der Waals surface area contributed by atoms with Crippen molar-refractivity contribution in [3.63, 3.8) is 0 Å². The lowest BCUT2D eigenvalue weighted by atomic mass is 10.1. The van der Waals surface area contributed by atoms with Gasteiger partial charge in [-0.15, -0.1) is 0 Å². The number of carbonyl (C=O) groups is 1. The van der Waals surface area contributed by atoms with Crippen molar-refractivity contribution in [2.45, 2.75) is 0 Å². The van der Waals surface area contributed by atoms with Gasteiger partial charge in [0.2, 0.25) is 0 Å². The molecule has 1 aromatic heterocycles. The summed E-state index contributed by atoms with van der Waals surface area (Å²) in [5.41, 5.74) is 1.33. The van der Waals surface area contributed by atoms with Gasteiger partial charge < -0.3 is 9.47 Å². The van der Waals surface area contributed by atoms with E-state index in [9.17, 15) is 4.79 Å². The van der Waals surface area contributed by atoms with Crippen LogP contribution in [0.2, 0.25) is 0 Å². The summed E-state index contributed by atoms with van der Waals surface area (Å²) in [7, 11) is 2.93. The highest BCUT2D eigenvalue weighted by Crippen LogP contribution is 2.36. The average Bonchev–Trinajstić information content (AvgIpc) is 2.79. The molecule has 0 aliphatic carbocycles. The Morgan fingerprint density at radius 2 is 2.06 bits per heavy atom. The molecule has 0 aliphatic rings. The average molecular weight is 328 g/mol. The van der Waals surface area contributed by atoms with Crippen LogP contribution in [0.25, 0.3) is 11.3 Å². The van der Waals surface area contributed by atoms with Gasteiger partial charge in [0, 0.05) is 5.56 Å². The van der Waals surface area contributed by atoms with Gasteiger partial charge in [0.15, 0.2) is 3.92 Å². The Morgan fingerprint density at radius 3 is 2.72 bits per heavy atom. The summed E-state index contributed by atoms with van der Waals surface area (Å²) < 4.78 is 10.7. The Bertz CT molecular complexity index is 582. The normalized spacial score (nSPS) is 10.2. The first-order valence-corrected chi connectivity index (χ1v) is 6.66. The Balaban J connectivity index is 2.60. The molecule has 0 bridgehead atoms. The third kappa shape index (κ3) is 2.39. The Kier molecular flexibility index (Phi) is 3.98. The van der Waals surface area contributed by atoms with Crippen LogP contribution in [0.4, 0.5) is 0 Å². The second kappa shape index (κ2) is 5.49. The van der Waals surface area contributed by atoms with E-state index in [2.05, 4.69) is 20.9 Å². The number of hydrogen-bond acceptors (Lipinski definition) is 5. The van der Waals surface area contributed by atoms with Gasteiger partial charge in [-0.1, -0.05) is 23.5 Å². The van der Waals surface area contributed by atoms with Gasteiger partial charge in [-0.05, 0) is 28.1 Å². The molecule has 0 amide bonds. The number of hydrogen-bond donors (Lipinski definition) is 0. The molecule has 0 aliphatic heterocycles. The van der Waals surface area contributed by atoms with E-state index < -0.39 is 5.97 Å². The number of rotatable bonds is 3. The van der Waals surface area contributed by atoms with Crippen molar-refractivity contribution >= 4 is 33.2 Å². The number of nitrogens with zero attached hydrogens (tertiary/aromatic N) is 1. The molecule has 6 heteroatoms. The van der Waals surface area contributed by atoms with Gasteiger partial charge in [-0.2, -0.15) is 0 Å². The van der Waals surface area contributed by atoms with E-state index in [-0.39, 0.29) is 0 Å². The molecule has 0 spiro atoms. The van der Waals surface area contributed by atoms with Crippen LogP contribution < -0.4 is 4.74 Å². The molecule has 0 N–H and O–H groups in total. The highest BCUT2D eigenvalue weighted by molar-refractivity contribution is 9.11. The van der Waals surface area contributed by atoms with Crippen molar-refractivity contribution in [2.24, 2.45) is 0 Å². The van der Waals surface area contributed by atoms with Gasteiger partial charge in [0.25, 0.3) is 0 Å². The fourth-order valence-electron chi connectivity index (χ4n) is 1.55. The molecule has 0 fully saturated rings. The largest absolute Gasteiger partial charge is 0.496 e. The Morgan fingerprint density at radius 1 is 1.33 bits per heavy atom. The maximum absolute atomic E-state index is 11.7. The van der Waals surface area contributed by atoms with Crippen molar-refractivity contribution in [1.82, 2.24) is 4.98 Å². The zero-order valence-corrected chi connectivity index (χ0v) is 12.2. The van der Waals surface area contributed by atoms with E-state index >= 15 is 0 Å². The minimum atomic E-state index is -0.404. The number of methoxy groups -OCH3 is 2. The molecule has 4 nitrogen and oxygen atoms in total. The van der Waals surface area contributed by atoms with E-state index in [1.165, 1.54) is 18.4 Å². The fourth-order valence-corrected chi connectivity index (χ4v) is 2.94. The fraction of sp³-hybridized carbons (Fsp3) is 0.167. The molecule has 0 atom stereocenters. The van der Waals surface area contributed by atoms with E-state index in [0.29, 0.717) is 20.2 Å². The van der Waals surface area contributed by atoms with E-state index in [1.807, 2.05) is 24.3 Å². The monoisotopic (exact) mass is 327 g/mol. The molecule has 94 valence electrons. The van der Waals surface area contributed by atoms with E-state index in [4.69, 9.17) is 9.47 Å². The zero-order valence-electron chi connectivity index (χ0n) is 9.77. The molecule has 0 saturated heterocycles. The summed E-state index contributed by atoms with van der Waals surface area (Å²) in [4.78, 5) is 16.5. The number of ether oxygens (including phenoxy) is 2. The predicted molar refractivity (Wildman–Crippen MR) is 73.1 cm³/mol. The maximum Gasteiger partial charge on any atom is 0.350 e. The first-order valence-electron chi connectivity index (χ1n) is 5.05. The van der Waals surface area contributed by atoms with E-state index in [0.717, 1.165) is 5.56 Å². The summed E-state index contributed by atoms with van der Waals surface area (Å²) in [5, 5.41) is 0. The van der Waals surface area contributed by atoms with Crippen LogP contribution in [0.3, 0.4) is 0 Å². The molecule has 1 heterocycles. The number of para-hydroxylation sites is 1. The summed E-state index contributed by atoms with van der Waals surface area (Å²) in [6, 6.07) is 7.41. The first-order chi connectivity index (χ1) is 8.67. The van der Waals surface area contributed by atoms with Crippen molar-refractivity contribution < 1.29 is 14.3 Å². The maximum atomic E-state index is 11.7. The van der Waals surface area contributed by atoms with Crippen LogP contribution in [-0.2, 0) is 4.74 Å². The molecule has 0 saturated carbocycles. The third-order valence-electron chi connectivity index (χ3n) is 2.33. The topological polar surface area (TPSA) is 48.4 Å². The second-order valence-electron chi connectivity index (χ2n) is 3.34. The van der Waals surface area contributed by atoms with Crippen molar-refractivity contribution in [1.29, 1.82) is 0 Å². The zero-order chi connectivity index (χ0) is 13.1. The summed E-state index contributed by atoms with van der Waals surface area (Å²) in [6.45, 7) is 0. The van der Waals surface area contributed by atoms with Crippen molar-refractivity contribution in [2.75, 3.05) is 14.2 Å². The van der Waals surface area contributed by atoms with Crippen LogP contribution in [0.5, 0.6) is 5.75 Å². The van der Waals surface area contributed by atoms with Gasteiger partial charge in [0.05, 0.1) is 14.2 Å². The number of thiazole rings is 1. The third-order valence-corrected chi connectivity index (χ3v) is 3.82. The smallest absolute Gasteiger partial charge is 0.350 e. The number of halogens is 1. The molecular formula is C12H10BrNO3S. The van der Waals surface area contributed by atoms with Crippen LogP contribution in [0.1, 0.15) is 9.67 Å². The highest BCUT2D eigenvalue weighted by atomic mass is 79.9. The van der Waals surface area contributed by atoms with Crippen molar-refractivity contribution in [3.8, 4) is 17.0 Å². The molecule has 2 aromatic rings. The lowest BCUT2D eigenvalue weighted by molar-refractivity contribution is 0.0607. The number of carbonyl (C=O) groups excluding carboxylic acids is 1. The molecule has 1 aromatic carbocycles. The summed E-state index contributed by atoms with van der Waals surface area (Å²) in [6.07, 6.45) is 0. The minimum absolute atomic E-state index is 0.404. The van der Waals surface area contributed by atoms with Crippen molar-refractivity contribution in [3.05, 3.63) is 33.1 Å². The summed E-state index contributed by atoms with van der Waals surface area (Å²) in [5.74, 6) is 0.263. The molecular weight excluding hydrogens is 318 g/mol. The number of aromatic nitrogens is 1. The van der Waals surface area contributed by atoms with E-state index in [1.54, 1.807) is 7.11 Å². The van der Waals surface area contributed by atoms with Crippen LogP contribution in [0, 0.1) is 0 Å². The Hall–Kier alpha value is -1.40. The Labute approximate surface area is 117 Å². The number of esters is 1. The van der Waals surface area contributed by atoms with Gasteiger partial charge in [0.1, 0.15) is 16.3 Å². The molecule has 18 heavy (non-hydrogen) atoms. The predicted octanol–water partition coefficient (Wildman–Crippen LogP) is 3.37. The SMILES string of the molecule is COC(=O)c1sc(Br)nc1-c1ccccc1OC. The summed E-state index contributed by atoms with van der Waals surface area (Å²) >= 11 is 4.52. The van der Waals surface area contributed by atoms with Crippen LogP contribution >= 0.6 is 27.3 Å². The standard InChI is InChI=1S/C12H10BrNO3S/c1-16-8-6-4-3-5-7(8)9-10(11(15)17-2)18-12(13)14-9/h3-6H,1-2H3. The van der Waals surface area contributed by atoms with Crippen LogP contribution in [0.15, 0.2) is 28.2 Å². The molecule has 0 radical (unpaired) electrons. The highest BCUT2D eigenvalue weighted by Gasteiger charge is 2.21. The molecule has 0 unspecified atom stereocenters. The van der Waals surface area contributed by atoms with Gasteiger partial charge in [-0.3, -0.25) is 0 Å². The number of benzene rings is 1. The lowest BCUT2D eigenvalue weighted by Crippen LogP contribution is -2.01.